The zero-order valence-corrected chi connectivity index (χ0v) is 9.78. The van der Waals surface area contributed by atoms with Crippen LogP contribution in [0.5, 0.6) is 0 Å². The topological polar surface area (TPSA) is 76.7 Å². The van der Waals surface area contributed by atoms with Crippen molar-refractivity contribution >= 4 is 5.95 Å². The van der Waals surface area contributed by atoms with Gasteiger partial charge in [0.2, 0.25) is 5.95 Å². The lowest BCUT2D eigenvalue weighted by Gasteiger charge is -2.19. The molecule has 0 aromatic carbocycles. The number of nitrogens with two attached hydrogens (primary N) is 1. The fraction of sp³-hybridized carbons (Fsp3) is 0.700. The third kappa shape index (κ3) is 3.13. The molecule has 84 valence electrons. The van der Waals surface area contributed by atoms with Crippen LogP contribution in [0.1, 0.15) is 25.2 Å². The molecule has 0 amide bonds. The maximum atomic E-state index is 5.58. The van der Waals surface area contributed by atoms with Crippen LogP contribution in [0.15, 0.2) is 0 Å². The van der Waals surface area contributed by atoms with Crippen LogP contribution in [-0.2, 0) is 0 Å². The molecule has 1 aromatic rings. The minimum atomic E-state index is 0.249. The molecule has 0 aliphatic rings. The highest BCUT2D eigenvalue weighted by Gasteiger charge is 2.11. The van der Waals surface area contributed by atoms with E-state index in [0.717, 1.165) is 11.4 Å². The van der Waals surface area contributed by atoms with Gasteiger partial charge in [0.1, 0.15) is 0 Å². The number of aromatic nitrogens is 3. The van der Waals surface area contributed by atoms with E-state index in [2.05, 4.69) is 34.3 Å². The first-order chi connectivity index (χ1) is 7.04. The Labute approximate surface area is 90.5 Å². The van der Waals surface area contributed by atoms with E-state index in [-0.39, 0.29) is 6.04 Å². The van der Waals surface area contributed by atoms with Crippen LogP contribution in [0.4, 0.5) is 5.95 Å². The van der Waals surface area contributed by atoms with E-state index < -0.39 is 0 Å². The van der Waals surface area contributed by atoms with Gasteiger partial charge in [-0.1, -0.05) is 6.92 Å². The minimum Gasteiger partial charge on any atom is -0.350 e. The second-order valence-corrected chi connectivity index (χ2v) is 3.95. The number of nitrogens with zero attached hydrogens (tertiary/aromatic N) is 3. The Morgan fingerprint density at radius 2 is 1.87 bits per heavy atom. The summed E-state index contributed by atoms with van der Waals surface area (Å²) in [5, 5.41) is 11.2. The Hall–Kier alpha value is -1.23. The highest BCUT2D eigenvalue weighted by Crippen LogP contribution is 2.08. The summed E-state index contributed by atoms with van der Waals surface area (Å²) in [5.41, 5.74) is 7.35. The second kappa shape index (κ2) is 5.02. The summed E-state index contributed by atoms with van der Waals surface area (Å²) in [6, 6.07) is 0.249. The van der Waals surface area contributed by atoms with Gasteiger partial charge < -0.3 is 11.1 Å². The number of nitrogens with one attached hydrogen (secondary N) is 1. The monoisotopic (exact) mass is 209 g/mol. The lowest BCUT2D eigenvalue weighted by molar-refractivity contribution is 0.517. The first-order valence-electron chi connectivity index (χ1n) is 5.19. The van der Waals surface area contributed by atoms with Gasteiger partial charge >= 0.3 is 0 Å². The molecule has 2 unspecified atom stereocenters. The van der Waals surface area contributed by atoms with Crippen molar-refractivity contribution in [3.63, 3.8) is 0 Å². The van der Waals surface area contributed by atoms with Crippen LogP contribution in [0.2, 0.25) is 0 Å². The van der Waals surface area contributed by atoms with Crippen molar-refractivity contribution in [2.75, 3.05) is 11.9 Å². The summed E-state index contributed by atoms with van der Waals surface area (Å²) in [7, 11) is 0. The summed E-state index contributed by atoms with van der Waals surface area (Å²) < 4.78 is 0. The van der Waals surface area contributed by atoms with E-state index in [1.54, 1.807) is 0 Å². The Morgan fingerprint density at radius 3 is 2.40 bits per heavy atom. The predicted octanol–water partition coefficient (Wildman–Crippen LogP) is 0.884. The molecular formula is C10H19N5. The molecule has 0 saturated carbocycles. The fourth-order valence-corrected chi connectivity index (χ4v) is 1.07. The summed E-state index contributed by atoms with van der Waals surface area (Å²) in [4.78, 5) is 4.30. The predicted molar refractivity (Wildman–Crippen MR) is 60.6 cm³/mol. The van der Waals surface area contributed by atoms with Crippen molar-refractivity contribution in [3.8, 4) is 0 Å². The number of aryl methyl sites for hydroxylation is 2. The Balaban J connectivity index is 2.68. The highest BCUT2D eigenvalue weighted by molar-refractivity contribution is 5.26. The molecule has 5 nitrogen and oxygen atoms in total. The van der Waals surface area contributed by atoms with E-state index in [4.69, 9.17) is 5.73 Å². The van der Waals surface area contributed by atoms with Crippen LogP contribution in [0.25, 0.3) is 0 Å². The lowest BCUT2D eigenvalue weighted by atomic mass is 10.0. The molecule has 0 aliphatic heterocycles. The van der Waals surface area contributed by atoms with E-state index in [0.29, 0.717) is 18.4 Å². The Bertz CT molecular complexity index is 326. The smallest absolute Gasteiger partial charge is 0.243 e. The van der Waals surface area contributed by atoms with Crippen LogP contribution in [0, 0.1) is 19.8 Å². The van der Waals surface area contributed by atoms with E-state index in [9.17, 15) is 0 Å². The summed E-state index contributed by atoms with van der Waals surface area (Å²) in [6.45, 7) is 8.62. The van der Waals surface area contributed by atoms with Crippen molar-refractivity contribution in [2.45, 2.75) is 33.7 Å². The Kier molecular flexibility index (Phi) is 3.96. The van der Waals surface area contributed by atoms with Crippen molar-refractivity contribution < 1.29 is 0 Å². The number of rotatable bonds is 4. The van der Waals surface area contributed by atoms with Gasteiger partial charge in [0.25, 0.3) is 0 Å². The van der Waals surface area contributed by atoms with Crippen molar-refractivity contribution in [1.82, 2.24) is 15.2 Å². The third-order valence-electron chi connectivity index (χ3n) is 2.67. The normalized spacial score (nSPS) is 14.7. The molecule has 5 heteroatoms. The molecule has 0 saturated heterocycles. The van der Waals surface area contributed by atoms with Crippen LogP contribution in [0.3, 0.4) is 0 Å². The van der Waals surface area contributed by atoms with Crippen molar-refractivity contribution in [2.24, 2.45) is 11.7 Å². The molecular weight excluding hydrogens is 190 g/mol. The SMILES string of the molecule is Cc1nnc(NC(C)C(C)CN)nc1C. The van der Waals surface area contributed by atoms with Crippen LogP contribution in [-0.4, -0.2) is 27.8 Å². The molecule has 1 aromatic heterocycles. The zero-order valence-electron chi connectivity index (χ0n) is 9.78. The van der Waals surface area contributed by atoms with Crippen LogP contribution >= 0.6 is 0 Å². The maximum absolute atomic E-state index is 5.58. The van der Waals surface area contributed by atoms with Gasteiger partial charge in [-0.2, -0.15) is 5.10 Å². The molecule has 0 spiro atoms. The lowest BCUT2D eigenvalue weighted by Crippen LogP contribution is -2.30. The highest BCUT2D eigenvalue weighted by atomic mass is 15.2. The van der Waals surface area contributed by atoms with E-state index in [1.165, 1.54) is 0 Å². The Morgan fingerprint density at radius 1 is 1.20 bits per heavy atom. The summed E-state index contributed by atoms with van der Waals surface area (Å²) in [6.07, 6.45) is 0. The molecule has 0 bridgehead atoms. The average molecular weight is 209 g/mol. The zero-order chi connectivity index (χ0) is 11.4. The standard InChI is InChI=1S/C10H19N5/c1-6(5-11)7(2)12-10-13-8(3)9(4)14-15-10/h6-7H,5,11H2,1-4H3,(H,12,13,15). The van der Waals surface area contributed by atoms with E-state index >= 15 is 0 Å². The number of anilines is 1. The van der Waals surface area contributed by atoms with Crippen molar-refractivity contribution in [3.05, 3.63) is 11.4 Å². The van der Waals surface area contributed by atoms with Crippen LogP contribution < -0.4 is 11.1 Å². The van der Waals surface area contributed by atoms with Gasteiger partial charge in [-0.25, -0.2) is 4.98 Å². The molecule has 0 fully saturated rings. The summed E-state index contributed by atoms with van der Waals surface area (Å²) in [5.74, 6) is 0.959. The van der Waals surface area contributed by atoms with E-state index in [1.807, 2.05) is 13.8 Å². The third-order valence-corrected chi connectivity index (χ3v) is 2.67. The van der Waals surface area contributed by atoms with Gasteiger partial charge in [0.15, 0.2) is 0 Å². The second-order valence-electron chi connectivity index (χ2n) is 3.95. The summed E-state index contributed by atoms with van der Waals surface area (Å²) >= 11 is 0. The van der Waals surface area contributed by atoms with Gasteiger partial charge in [0, 0.05) is 6.04 Å². The first-order valence-corrected chi connectivity index (χ1v) is 5.19. The largest absolute Gasteiger partial charge is 0.350 e. The fourth-order valence-electron chi connectivity index (χ4n) is 1.07. The van der Waals surface area contributed by atoms with Gasteiger partial charge in [0.05, 0.1) is 11.4 Å². The van der Waals surface area contributed by atoms with Gasteiger partial charge in [-0.15, -0.1) is 5.10 Å². The quantitative estimate of drug-likeness (QED) is 0.770. The van der Waals surface area contributed by atoms with Crippen molar-refractivity contribution in [1.29, 1.82) is 0 Å². The first kappa shape index (κ1) is 11.8. The maximum Gasteiger partial charge on any atom is 0.243 e. The van der Waals surface area contributed by atoms with Gasteiger partial charge in [-0.05, 0) is 33.2 Å². The molecule has 3 N–H and O–H groups in total. The number of hydrogen-bond donors (Lipinski definition) is 2. The molecule has 1 rings (SSSR count). The molecule has 15 heavy (non-hydrogen) atoms. The molecule has 1 heterocycles. The molecule has 2 atom stereocenters. The minimum absolute atomic E-state index is 0.249. The van der Waals surface area contributed by atoms with Gasteiger partial charge in [-0.3, -0.25) is 0 Å². The molecule has 0 aliphatic carbocycles. The molecule has 0 radical (unpaired) electrons. The number of hydrogen-bond acceptors (Lipinski definition) is 5. The average Bonchev–Trinajstić information content (AvgIpc) is 2.22.